The molecule has 2 amide bonds. The average Bonchev–Trinajstić information content (AvgIpc) is 3.18. The largest absolute Gasteiger partial charge is 0.416 e. The fourth-order valence-corrected chi connectivity index (χ4v) is 3.86. The highest BCUT2D eigenvalue weighted by Gasteiger charge is 2.38. The molecule has 0 bridgehead atoms. The van der Waals surface area contributed by atoms with E-state index in [1.54, 1.807) is 0 Å². The highest BCUT2D eigenvalue weighted by atomic mass is 19.4. The van der Waals surface area contributed by atoms with Crippen LogP contribution in [0.15, 0.2) is 47.8 Å². The number of alkyl halides is 3. The van der Waals surface area contributed by atoms with E-state index in [4.69, 9.17) is 0 Å². The first kappa shape index (κ1) is 22.4. The van der Waals surface area contributed by atoms with Crippen LogP contribution in [0.3, 0.4) is 0 Å². The highest BCUT2D eigenvalue weighted by Crippen LogP contribution is 2.39. The molecule has 2 heterocycles. The monoisotopic (exact) mass is 464 g/mol. The molecule has 3 aromatic rings. The number of anilines is 1. The number of benzene rings is 2. The van der Waals surface area contributed by atoms with Gasteiger partial charge < -0.3 is 10.2 Å². The SMILES string of the molecule is CC1=C(C(=O)Nc2cc3cn[nH]c3cc2F)C(c2ccc(C(F)(F)F)cc2F)CC(=O)N1C. The van der Waals surface area contributed by atoms with Gasteiger partial charge in [-0.3, -0.25) is 14.7 Å². The van der Waals surface area contributed by atoms with Crippen LogP contribution in [0.2, 0.25) is 0 Å². The van der Waals surface area contributed by atoms with Gasteiger partial charge >= 0.3 is 6.18 Å². The molecule has 1 unspecified atom stereocenters. The minimum Gasteiger partial charge on any atom is -0.320 e. The number of fused-ring (bicyclic) bond motifs is 1. The average molecular weight is 464 g/mol. The van der Waals surface area contributed by atoms with E-state index in [0.29, 0.717) is 23.0 Å². The third kappa shape index (κ3) is 4.06. The molecule has 172 valence electrons. The summed E-state index contributed by atoms with van der Waals surface area (Å²) in [5, 5.41) is 9.34. The van der Waals surface area contributed by atoms with Crippen molar-refractivity contribution in [2.45, 2.75) is 25.4 Å². The molecule has 0 saturated heterocycles. The van der Waals surface area contributed by atoms with E-state index in [2.05, 4.69) is 15.5 Å². The molecule has 6 nitrogen and oxygen atoms in total. The number of rotatable bonds is 3. The highest BCUT2D eigenvalue weighted by molar-refractivity contribution is 6.07. The molecular weight excluding hydrogens is 447 g/mol. The quantitative estimate of drug-likeness (QED) is 0.551. The molecule has 1 atom stereocenters. The smallest absolute Gasteiger partial charge is 0.320 e. The molecule has 2 aromatic carbocycles. The summed E-state index contributed by atoms with van der Waals surface area (Å²) in [4.78, 5) is 26.8. The summed E-state index contributed by atoms with van der Waals surface area (Å²) < 4.78 is 68.1. The minimum absolute atomic E-state index is 0.0533. The third-order valence-electron chi connectivity index (χ3n) is 5.72. The van der Waals surface area contributed by atoms with Crippen LogP contribution in [0, 0.1) is 11.6 Å². The van der Waals surface area contributed by atoms with Crippen molar-refractivity contribution >= 4 is 28.4 Å². The number of allylic oxidation sites excluding steroid dienone is 1. The number of H-pyrrole nitrogens is 1. The summed E-state index contributed by atoms with van der Waals surface area (Å²) >= 11 is 0. The number of halogens is 5. The van der Waals surface area contributed by atoms with Crippen LogP contribution in [0.5, 0.6) is 0 Å². The number of hydrogen-bond donors (Lipinski definition) is 2. The molecule has 2 N–H and O–H groups in total. The fraction of sp³-hybridized carbons (Fsp3) is 0.227. The van der Waals surface area contributed by atoms with E-state index in [-0.39, 0.29) is 28.9 Å². The van der Waals surface area contributed by atoms with Gasteiger partial charge in [-0.15, -0.1) is 0 Å². The summed E-state index contributed by atoms with van der Waals surface area (Å²) in [6, 6.07) is 4.43. The number of carbonyl (C=O) groups is 2. The van der Waals surface area contributed by atoms with Crippen molar-refractivity contribution in [1.29, 1.82) is 0 Å². The second kappa shape index (κ2) is 7.98. The van der Waals surface area contributed by atoms with E-state index in [9.17, 15) is 31.5 Å². The standard InChI is InChI=1S/C22H17F5N4O2/c1-10-20(21(33)29-18-5-11-9-28-30-17(11)8-16(18)24)14(7-19(32)31(10)2)13-4-3-12(6-15(13)23)22(25,26)27/h3-6,8-9,14H,7H2,1-2H3,(H,28,30)(H,29,33). The van der Waals surface area contributed by atoms with Crippen LogP contribution in [0.4, 0.5) is 27.6 Å². The first-order chi connectivity index (χ1) is 15.5. The van der Waals surface area contributed by atoms with Gasteiger partial charge in [-0.2, -0.15) is 18.3 Å². The van der Waals surface area contributed by atoms with Crippen molar-refractivity contribution in [2.75, 3.05) is 12.4 Å². The van der Waals surface area contributed by atoms with Gasteiger partial charge in [0.05, 0.1) is 23.0 Å². The van der Waals surface area contributed by atoms with Crippen molar-refractivity contribution in [3.05, 3.63) is 70.6 Å². The lowest BCUT2D eigenvalue weighted by atomic mass is 9.82. The van der Waals surface area contributed by atoms with Gasteiger partial charge in [-0.05, 0) is 30.7 Å². The Morgan fingerprint density at radius 3 is 2.58 bits per heavy atom. The number of aromatic nitrogens is 2. The molecule has 0 saturated carbocycles. The lowest BCUT2D eigenvalue weighted by Crippen LogP contribution is -2.37. The summed E-state index contributed by atoms with van der Waals surface area (Å²) in [5.41, 5.74) is -1.06. The van der Waals surface area contributed by atoms with Gasteiger partial charge in [0.1, 0.15) is 11.6 Å². The number of amides is 2. The Hall–Kier alpha value is -3.76. The molecule has 0 spiro atoms. The zero-order chi connectivity index (χ0) is 24.1. The number of nitrogens with one attached hydrogen (secondary N) is 2. The predicted octanol–water partition coefficient (Wildman–Crippen LogP) is 4.72. The molecule has 0 radical (unpaired) electrons. The zero-order valence-corrected chi connectivity index (χ0v) is 17.3. The van der Waals surface area contributed by atoms with Crippen molar-refractivity contribution in [1.82, 2.24) is 15.1 Å². The summed E-state index contributed by atoms with van der Waals surface area (Å²) in [7, 11) is 1.42. The molecule has 4 rings (SSSR count). The summed E-state index contributed by atoms with van der Waals surface area (Å²) in [6.45, 7) is 1.45. The number of nitrogens with zero attached hydrogens (tertiary/aromatic N) is 2. The molecular formula is C22H17F5N4O2. The first-order valence-corrected chi connectivity index (χ1v) is 9.75. The lowest BCUT2D eigenvalue weighted by molar-refractivity contribution is -0.138. The van der Waals surface area contributed by atoms with Gasteiger partial charge in [0.25, 0.3) is 5.91 Å². The second-order valence-electron chi connectivity index (χ2n) is 7.69. The van der Waals surface area contributed by atoms with Gasteiger partial charge in [-0.25, -0.2) is 8.78 Å². The summed E-state index contributed by atoms with van der Waals surface area (Å²) in [6.07, 6.45) is -3.66. The Balaban J connectivity index is 1.75. The molecule has 0 aliphatic carbocycles. The van der Waals surface area contributed by atoms with E-state index >= 15 is 0 Å². The number of aromatic amines is 1. The van der Waals surface area contributed by atoms with Gasteiger partial charge in [0.15, 0.2) is 0 Å². The van der Waals surface area contributed by atoms with Crippen LogP contribution >= 0.6 is 0 Å². The third-order valence-corrected chi connectivity index (χ3v) is 5.72. The van der Waals surface area contributed by atoms with Crippen molar-refractivity contribution in [2.24, 2.45) is 0 Å². The molecule has 11 heteroatoms. The van der Waals surface area contributed by atoms with Crippen LogP contribution in [-0.2, 0) is 15.8 Å². The molecule has 1 aliphatic rings. The van der Waals surface area contributed by atoms with Crippen molar-refractivity contribution < 1.29 is 31.5 Å². The van der Waals surface area contributed by atoms with Crippen LogP contribution in [0.1, 0.15) is 30.4 Å². The zero-order valence-electron chi connectivity index (χ0n) is 17.3. The Morgan fingerprint density at radius 2 is 1.91 bits per heavy atom. The number of carbonyl (C=O) groups excluding carboxylic acids is 2. The van der Waals surface area contributed by atoms with E-state index in [1.807, 2.05) is 0 Å². The maximum atomic E-state index is 14.7. The Kier molecular flexibility index (Phi) is 5.43. The van der Waals surface area contributed by atoms with Crippen molar-refractivity contribution in [3.8, 4) is 0 Å². The molecule has 1 aromatic heterocycles. The fourth-order valence-electron chi connectivity index (χ4n) is 3.86. The lowest BCUT2D eigenvalue weighted by Gasteiger charge is -2.32. The van der Waals surface area contributed by atoms with E-state index in [0.717, 1.165) is 12.1 Å². The number of hydrogen-bond acceptors (Lipinski definition) is 3. The van der Waals surface area contributed by atoms with E-state index in [1.165, 1.54) is 31.1 Å². The minimum atomic E-state index is -4.75. The Bertz CT molecular complexity index is 1310. The van der Waals surface area contributed by atoms with Crippen LogP contribution in [-0.4, -0.2) is 34.0 Å². The summed E-state index contributed by atoms with van der Waals surface area (Å²) in [5.74, 6) is -4.36. The maximum Gasteiger partial charge on any atom is 0.416 e. The Labute approximate surface area is 184 Å². The Morgan fingerprint density at radius 1 is 1.18 bits per heavy atom. The molecule has 33 heavy (non-hydrogen) atoms. The van der Waals surface area contributed by atoms with Crippen LogP contribution in [0.25, 0.3) is 10.9 Å². The van der Waals surface area contributed by atoms with Gasteiger partial charge in [0.2, 0.25) is 5.91 Å². The predicted molar refractivity (Wildman–Crippen MR) is 109 cm³/mol. The van der Waals surface area contributed by atoms with Crippen molar-refractivity contribution in [3.63, 3.8) is 0 Å². The van der Waals surface area contributed by atoms with Gasteiger partial charge in [-0.1, -0.05) is 6.07 Å². The first-order valence-electron chi connectivity index (χ1n) is 9.75. The molecule has 1 aliphatic heterocycles. The second-order valence-corrected chi connectivity index (χ2v) is 7.69. The van der Waals surface area contributed by atoms with E-state index < -0.39 is 41.1 Å². The van der Waals surface area contributed by atoms with Crippen LogP contribution < -0.4 is 5.32 Å². The molecule has 0 fully saturated rings. The normalized spacial score (nSPS) is 17.1. The maximum absolute atomic E-state index is 14.7. The topological polar surface area (TPSA) is 78.1 Å². The van der Waals surface area contributed by atoms with Gasteiger partial charge in [0, 0.05) is 42.1 Å².